The molecule has 0 aliphatic heterocycles. The molecule has 11 heavy (non-hydrogen) atoms. The summed E-state index contributed by atoms with van der Waals surface area (Å²) in [5.74, 6) is 0.676. The number of rotatable bonds is 1. The molecule has 0 aliphatic rings. The maximum absolute atomic E-state index is 10.4. The SMILES string of the molecule is CC.CNc1ccnc(=O)[nH]1. The Morgan fingerprint density at radius 2 is 2.18 bits per heavy atom. The second-order valence-corrected chi connectivity index (χ2v) is 1.54. The quantitative estimate of drug-likeness (QED) is 0.631. The Kier molecular flexibility index (Phi) is 4.81. The Hall–Kier alpha value is -1.32. The second kappa shape index (κ2) is 5.46. The van der Waals surface area contributed by atoms with Gasteiger partial charge in [-0.05, 0) is 6.07 Å². The first-order valence-electron chi connectivity index (χ1n) is 3.56. The standard InChI is InChI=1S/C5H7N3O.C2H6/c1-6-4-2-3-7-5(9)8-4;1-2/h2-3H,1H3,(H2,6,7,8,9);1-2H3. The van der Waals surface area contributed by atoms with E-state index in [9.17, 15) is 4.79 Å². The zero-order valence-corrected chi connectivity index (χ0v) is 7.01. The number of H-pyrrole nitrogens is 1. The lowest BCUT2D eigenvalue weighted by atomic mass is 10.6. The predicted octanol–water partition coefficient (Wildman–Crippen LogP) is 0.838. The van der Waals surface area contributed by atoms with Gasteiger partial charge in [0.25, 0.3) is 0 Å². The fourth-order valence-electron chi connectivity index (χ4n) is 0.514. The van der Waals surface area contributed by atoms with Gasteiger partial charge in [0.2, 0.25) is 0 Å². The largest absolute Gasteiger partial charge is 0.375 e. The highest BCUT2D eigenvalue weighted by molar-refractivity contribution is 5.29. The molecule has 1 aromatic rings. The summed E-state index contributed by atoms with van der Waals surface area (Å²) in [6.07, 6.45) is 1.45. The normalized spacial score (nSPS) is 7.91. The number of aromatic amines is 1. The molecule has 1 heterocycles. The topological polar surface area (TPSA) is 57.8 Å². The molecule has 62 valence electrons. The van der Waals surface area contributed by atoms with E-state index >= 15 is 0 Å². The number of anilines is 1. The lowest BCUT2D eigenvalue weighted by Gasteiger charge is -1.94. The molecule has 0 fully saturated rings. The maximum Gasteiger partial charge on any atom is 0.346 e. The van der Waals surface area contributed by atoms with E-state index in [4.69, 9.17) is 0 Å². The van der Waals surface area contributed by atoms with Crippen LogP contribution >= 0.6 is 0 Å². The van der Waals surface area contributed by atoms with Crippen LogP contribution in [0.2, 0.25) is 0 Å². The third-order valence-electron chi connectivity index (χ3n) is 0.944. The number of aromatic nitrogens is 2. The Morgan fingerprint density at radius 3 is 2.55 bits per heavy atom. The van der Waals surface area contributed by atoms with Crippen molar-refractivity contribution in [2.24, 2.45) is 0 Å². The summed E-state index contributed by atoms with van der Waals surface area (Å²) in [6.45, 7) is 4.00. The van der Waals surface area contributed by atoms with Gasteiger partial charge in [-0.3, -0.25) is 4.98 Å². The summed E-state index contributed by atoms with van der Waals surface area (Å²) >= 11 is 0. The molecule has 0 saturated heterocycles. The van der Waals surface area contributed by atoms with Crippen LogP contribution in [-0.4, -0.2) is 17.0 Å². The van der Waals surface area contributed by atoms with Gasteiger partial charge in [-0.15, -0.1) is 0 Å². The van der Waals surface area contributed by atoms with Crippen LogP contribution in [0.15, 0.2) is 17.1 Å². The monoisotopic (exact) mass is 155 g/mol. The van der Waals surface area contributed by atoms with E-state index in [2.05, 4.69) is 15.3 Å². The highest BCUT2D eigenvalue weighted by Crippen LogP contribution is 1.90. The highest BCUT2D eigenvalue weighted by Gasteiger charge is 1.84. The van der Waals surface area contributed by atoms with Crippen molar-refractivity contribution in [3.05, 3.63) is 22.7 Å². The Labute approximate surface area is 65.7 Å². The van der Waals surface area contributed by atoms with E-state index in [1.54, 1.807) is 13.1 Å². The molecule has 0 atom stereocenters. The van der Waals surface area contributed by atoms with E-state index in [0.29, 0.717) is 5.82 Å². The van der Waals surface area contributed by atoms with Gasteiger partial charge in [-0.2, -0.15) is 0 Å². The van der Waals surface area contributed by atoms with Gasteiger partial charge in [-0.1, -0.05) is 13.8 Å². The third-order valence-corrected chi connectivity index (χ3v) is 0.944. The van der Waals surface area contributed by atoms with Crippen molar-refractivity contribution in [3.8, 4) is 0 Å². The predicted molar refractivity (Wildman–Crippen MR) is 45.8 cm³/mol. The molecule has 0 aliphatic carbocycles. The molecule has 0 radical (unpaired) electrons. The molecular weight excluding hydrogens is 142 g/mol. The van der Waals surface area contributed by atoms with E-state index in [1.807, 2.05) is 13.8 Å². The second-order valence-electron chi connectivity index (χ2n) is 1.54. The van der Waals surface area contributed by atoms with Crippen LogP contribution in [0, 0.1) is 0 Å². The maximum atomic E-state index is 10.4. The van der Waals surface area contributed by atoms with Gasteiger partial charge in [0, 0.05) is 13.2 Å². The van der Waals surface area contributed by atoms with Crippen LogP contribution in [0.5, 0.6) is 0 Å². The van der Waals surface area contributed by atoms with Crippen molar-refractivity contribution in [2.45, 2.75) is 13.8 Å². The molecule has 0 spiro atoms. The number of hydrogen-bond donors (Lipinski definition) is 2. The molecule has 4 heteroatoms. The first kappa shape index (κ1) is 9.68. The molecular formula is C7H13N3O. The third kappa shape index (κ3) is 3.40. The van der Waals surface area contributed by atoms with E-state index in [1.165, 1.54) is 6.20 Å². The summed E-state index contributed by atoms with van der Waals surface area (Å²) in [5, 5.41) is 2.77. The summed E-state index contributed by atoms with van der Waals surface area (Å²) < 4.78 is 0. The van der Waals surface area contributed by atoms with Crippen LogP contribution < -0.4 is 11.0 Å². The van der Waals surface area contributed by atoms with Crippen molar-refractivity contribution >= 4 is 5.82 Å². The van der Waals surface area contributed by atoms with Crippen molar-refractivity contribution in [1.82, 2.24) is 9.97 Å². The molecule has 0 unspecified atom stereocenters. The van der Waals surface area contributed by atoms with Crippen molar-refractivity contribution < 1.29 is 0 Å². The minimum absolute atomic E-state index is 0.332. The smallest absolute Gasteiger partial charge is 0.346 e. The minimum Gasteiger partial charge on any atom is -0.375 e. The summed E-state index contributed by atoms with van der Waals surface area (Å²) in [5.41, 5.74) is -0.332. The van der Waals surface area contributed by atoms with Crippen molar-refractivity contribution in [2.75, 3.05) is 12.4 Å². The Balaban J connectivity index is 0.000000461. The number of nitrogens with one attached hydrogen (secondary N) is 2. The van der Waals surface area contributed by atoms with E-state index in [0.717, 1.165) is 0 Å². The van der Waals surface area contributed by atoms with Crippen molar-refractivity contribution in [3.63, 3.8) is 0 Å². The molecule has 4 nitrogen and oxygen atoms in total. The molecule has 0 bridgehead atoms. The van der Waals surface area contributed by atoms with Gasteiger partial charge < -0.3 is 5.32 Å². The lowest BCUT2D eigenvalue weighted by Crippen LogP contribution is -2.10. The minimum atomic E-state index is -0.332. The van der Waals surface area contributed by atoms with Crippen molar-refractivity contribution in [1.29, 1.82) is 0 Å². The summed E-state index contributed by atoms with van der Waals surface area (Å²) in [6, 6.07) is 1.68. The number of nitrogens with zero attached hydrogens (tertiary/aromatic N) is 1. The van der Waals surface area contributed by atoms with Gasteiger partial charge in [0.05, 0.1) is 0 Å². The highest BCUT2D eigenvalue weighted by atomic mass is 16.1. The molecule has 1 aromatic heterocycles. The van der Waals surface area contributed by atoms with Gasteiger partial charge >= 0.3 is 5.69 Å². The summed E-state index contributed by atoms with van der Waals surface area (Å²) in [4.78, 5) is 16.4. The average molecular weight is 155 g/mol. The van der Waals surface area contributed by atoms with Gasteiger partial charge in [0.1, 0.15) is 5.82 Å². The van der Waals surface area contributed by atoms with Crippen LogP contribution in [0.25, 0.3) is 0 Å². The first-order chi connectivity index (χ1) is 5.33. The fraction of sp³-hybridized carbons (Fsp3) is 0.429. The molecule has 1 rings (SSSR count). The van der Waals surface area contributed by atoms with E-state index in [-0.39, 0.29) is 5.69 Å². The molecule has 0 saturated carbocycles. The van der Waals surface area contributed by atoms with Crippen LogP contribution in [0.3, 0.4) is 0 Å². The molecule has 2 N–H and O–H groups in total. The Bertz CT molecular complexity index is 243. The zero-order valence-electron chi connectivity index (χ0n) is 7.01. The first-order valence-corrected chi connectivity index (χ1v) is 3.56. The zero-order chi connectivity index (χ0) is 8.69. The van der Waals surface area contributed by atoms with Gasteiger partial charge in [-0.25, -0.2) is 9.78 Å². The average Bonchev–Trinajstić information content (AvgIpc) is 2.08. The van der Waals surface area contributed by atoms with Crippen LogP contribution in [0.4, 0.5) is 5.82 Å². The van der Waals surface area contributed by atoms with Crippen LogP contribution in [-0.2, 0) is 0 Å². The summed E-state index contributed by atoms with van der Waals surface area (Å²) in [7, 11) is 1.73. The Morgan fingerprint density at radius 1 is 1.55 bits per heavy atom. The molecule has 0 aromatic carbocycles. The van der Waals surface area contributed by atoms with E-state index < -0.39 is 0 Å². The molecule has 0 amide bonds. The fourth-order valence-corrected chi connectivity index (χ4v) is 0.514. The van der Waals surface area contributed by atoms with Crippen LogP contribution in [0.1, 0.15) is 13.8 Å². The van der Waals surface area contributed by atoms with Gasteiger partial charge in [0.15, 0.2) is 0 Å². The number of hydrogen-bond acceptors (Lipinski definition) is 3. The lowest BCUT2D eigenvalue weighted by molar-refractivity contribution is 1.07.